The molecule has 0 aliphatic carbocycles. The van der Waals surface area contributed by atoms with Crippen molar-refractivity contribution in [3.8, 4) is 5.75 Å². The smallest absolute Gasteiger partial charge is 0.251 e. The zero-order valence-corrected chi connectivity index (χ0v) is 16.2. The monoisotopic (exact) mass is 398 g/mol. The van der Waals surface area contributed by atoms with Gasteiger partial charge in [-0.2, -0.15) is 0 Å². The summed E-state index contributed by atoms with van der Waals surface area (Å²) in [4.78, 5) is 12.2. The molecule has 5 nitrogen and oxygen atoms in total. The van der Waals surface area contributed by atoms with Crippen LogP contribution in [0.15, 0.2) is 48.5 Å². The van der Waals surface area contributed by atoms with Gasteiger partial charge >= 0.3 is 0 Å². The molecule has 0 saturated carbocycles. The maximum atomic E-state index is 12.2. The molecule has 0 atom stereocenters. The summed E-state index contributed by atoms with van der Waals surface area (Å²) in [5.41, 5.74) is 1.59. The van der Waals surface area contributed by atoms with Crippen LogP contribution in [0.1, 0.15) is 15.9 Å². The van der Waals surface area contributed by atoms with Gasteiger partial charge in [0.15, 0.2) is 0 Å². The Labute approximate surface area is 165 Å². The molecular weight excluding hydrogens is 375 g/mol. The lowest BCUT2D eigenvalue weighted by Crippen LogP contribution is -2.33. The first kappa shape index (κ1) is 22.3. The fraction of sp³-hybridized carbons (Fsp3) is 0.316. The average Bonchev–Trinajstić information content (AvgIpc) is 2.64. The number of ether oxygens (including phenoxy) is 2. The quantitative estimate of drug-likeness (QED) is 0.602. The molecule has 0 fully saturated rings. The van der Waals surface area contributed by atoms with E-state index in [-0.39, 0.29) is 18.3 Å². The largest absolute Gasteiger partial charge is 0.489 e. The van der Waals surface area contributed by atoms with Crippen LogP contribution in [0.25, 0.3) is 0 Å². The third-order valence-electron chi connectivity index (χ3n) is 3.49. The van der Waals surface area contributed by atoms with Gasteiger partial charge in [-0.05, 0) is 35.9 Å². The van der Waals surface area contributed by atoms with E-state index in [0.717, 1.165) is 12.1 Å². The van der Waals surface area contributed by atoms with Gasteiger partial charge in [0.25, 0.3) is 5.91 Å². The molecule has 2 rings (SSSR count). The van der Waals surface area contributed by atoms with Crippen molar-refractivity contribution in [1.29, 1.82) is 0 Å². The molecule has 2 N–H and O–H groups in total. The summed E-state index contributed by atoms with van der Waals surface area (Å²) < 4.78 is 10.7. The Kier molecular flexibility index (Phi) is 10.7. The molecule has 2 aromatic carbocycles. The fourth-order valence-corrected chi connectivity index (χ4v) is 2.27. The SMILES string of the molecule is COCCNCCNC(=O)c1cccc(OCc2ccc(Cl)cc2)c1.Cl. The number of hydrogen-bond acceptors (Lipinski definition) is 4. The molecule has 2 aromatic rings. The Hall–Kier alpha value is -1.79. The van der Waals surface area contributed by atoms with E-state index in [1.807, 2.05) is 36.4 Å². The summed E-state index contributed by atoms with van der Waals surface area (Å²) >= 11 is 5.87. The highest BCUT2D eigenvalue weighted by Gasteiger charge is 2.06. The Balaban J connectivity index is 0.00000338. The molecule has 142 valence electrons. The summed E-state index contributed by atoms with van der Waals surface area (Å²) in [6.07, 6.45) is 0. The molecule has 1 amide bonds. The molecule has 7 heteroatoms. The topological polar surface area (TPSA) is 59.6 Å². The summed E-state index contributed by atoms with van der Waals surface area (Å²) in [6, 6.07) is 14.6. The minimum absolute atomic E-state index is 0. The molecule has 0 heterocycles. The second-order valence-corrected chi connectivity index (χ2v) is 5.88. The van der Waals surface area contributed by atoms with Gasteiger partial charge in [0, 0.05) is 37.3 Å². The van der Waals surface area contributed by atoms with Gasteiger partial charge in [-0.25, -0.2) is 0 Å². The number of rotatable bonds is 10. The first-order chi connectivity index (χ1) is 12.2. The van der Waals surface area contributed by atoms with Crippen LogP contribution in [0.2, 0.25) is 5.02 Å². The van der Waals surface area contributed by atoms with Crippen LogP contribution in [0, 0.1) is 0 Å². The van der Waals surface area contributed by atoms with Crippen LogP contribution >= 0.6 is 24.0 Å². The third-order valence-corrected chi connectivity index (χ3v) is 3.74. The van der Waals surface area contributed by atoms with E-state index in [1.165, 1.54) is 0 Å². The van der Waals surface area contributed by atoms with Gasteiger partial charge in [0.2, 0.25) is 0 Å². The highest BCUT2D eigenvalue weighted by Crippen LogP contribution is 2.16. The lowest BCUT2D eigenvalue weighted by molar-refractivity contribution is 0.0953. The van der Waals surface area contributed by atoms with Crippen LogP contribution in [-0.2, 0) is 11.3 Å². The Morgan fingerprint density at radius 3 is 2.58 bits per heavy atom. The Morgan fingerprint density at radius 2 is 1.85 bits per heavy atom. The van der Waals surface area contributed by atoms with Crippen molar-refractivity contribution < 1.29 is 14.3 Å². The Bertz CT molecular complexity index is 666. The van der Waals surface area contributed by atoms with E-state index >= 15 is 0 Å². The number of amides is 1. The van der Waals surface area contributed by atoms with Crippen molar-refractivity contribution in [2.75, 3.05) is 33.4 Å². The molecular formula is C19H24Cl2N2O3. The van der Waals surface area contributed by atoms with E-state index in [0.29, 0.717) is 42.6 Å². The minimum Gasteiger partial charge on any atom is -0.489 e. The number of benzene rings is 2. The minimum atomic E-state index is -0.120. The van der Waals surface area contributed by atoms with E-state index in [4.69, 9.17) is 21.1 Å². The summed E-state index contributed by atoms with van der Waals surface area (Å²) in [5.74, 6) is 0.534. The Morgan fingerprint density at radius 1 is 1.08 bits per heavy atom. The number of halogens is 2. The van der Waals surface area contributed by atoms with Crippen LogP contribution in [0.3, 0.4) is 0 Å². The van der Waals surface area contributed by atoms with Crippen molar-refractivity contribution in [3.05, 3.63) is 64.7 Å². The molecule has 0 saturated heterocycles. The van der Waals surface area contributed by atoms with Crippen LogP contribution in [-0.4, -0.2) is 39.3 Å². The summed E-state index contributed by atoms with van der Waals surface area (Å²) in [6.45, 7) is 3.09. The second kappa shape index (κ2) is 12.5. The zero-order valence-electron chi connectivity index (χ0n) is 14.7. The highest BCUT2D eigenvalue weighted by molar-refractivity contribution is 6.30. The van der Waals surface area contributed by atoms with Gasteiger partial charge in [-0.1, -0.05) is 29.8 Å². The van der Waals surface area contributed by atoms with E-state index in [1.54, 1.807) is 19.2 Å². The number of methoxy groups -OCH3 is 1. The highest BCUT2D eigenvalue weighted by atomic mass is 35.5. The number of nitrogens with one attached hydrogen (secondary N) is 2. The number of carbonyl (C=O) groups excluding carboxylic acids is 1. The van der Waals surface area contributed by atoms with Crippen LogP contribution in [0.4, 0.5) is 0 Å². The van der Waals surface area contributed by atoms with Gasteiger partial charge in [0.1, 0.15) is 12.4 Å². The standard InChI is InChI=1S/C19H23ClN2O3.ClH/c1-24-12-11-21-9-10-22-19(23)16-3-2-4-18(13-16)25-14-15-5-7-17(20)8-6-15;/h2-8,13,21H,9-12,14H2,1H3,(H,22,23);1H. The first-order valence-electron chi connectivity index (χ1n) is 8.14. The molecule has 0 unspecified atom stereocenters. The lowest BCUT2D eigenvalue weighted by atomic mass is 10.2. The predicted octanol–water partition coefficient (Wildman–Crippen LogP) is 3.31. The molecule has 0 aromatic heterocycles. The van der Waals surface area contributed by atoms with Crippen molar-refractivity contribution in [2.45, 2.75) is 6.61 Å². The molecule has 0 aliphatic rings. The molecule has 0 bridgehead atoms. The molecule has 0 radical (unpaired) electrons. The van der Waals surface area contributed by atoms with Crippen LogP contribution < -0.4 is 15.4 Å². The third kappa shape index (κ3) is 8.06. The van der Waals surface area contributed by atoms with Crippen molar-refractivity contribution in [3.63, 3.8) is 0 Å². The van der Waals surface area contributed by atoms with E-state index < -0.39 is 0 Å². The van der Waals surface area contributed by atoms with Crippen molar-refractivity contribution in [2.24, 2.45) is 0 Å². The normalized spacial score (nSPS) is 10.1. The maximum absolute atomic E-state index is 12.2. The van der Waals surface area contributed by atoms with Gasteiger partial charge in [0.05, 0.1) is 6.61 Å². The van der Waals surface area contributed by atoms with Gasteiger partial charge in [-0.3, -0.25) is 4.79 Å². The van der Waals surface area contributed by atoms with Crippen molar-refractivity contribution >= 4 is 29.9 Å². The van der Waals surface area contributed by atoms with Crippen molar-refractivity contribution in [1.82, 2.24) is 10.6 Å². The molecule has 26 heavy (non-hydrogen) atoms. The zero-order chi connectivity index (χ0) is 17.9. The first-order valence-corrected chi connectivity index (χ1v) is 8.52. The lowest BCUT2D eigenvalue weighted by Gasteiger charge is -2.09. The molecule has 0 spiro atoms. The predicted molar refractivity (Wildman–Crippen MR) is 107 cm³/mol. The van der Waals surface area contributed by atoms with E-state index in [2.05, 4.69) is 10.6 Å². The summed E-state index contributed by atoms with van der Waals surface area (Å²) in [7, 11) is 1.66. The fourth-order valence-electron chi connectivity index (χ4n) is 2.14. The number of carbonyl (C=O) groups is 1. The second-order valence-electron chi connectivity index (χ2n) is 5.44. The summed E-state index contributed by atoms with van der Waals surface area (Å²) in [5, 5.41) is 6.74. The van der Waals surface area contributed by atoms with Gasteiger partial charge < -0.3 is 20.1 Å². The average molecular weight is 399 g/mol. The van der Waals surface area contributed by atoms with Gasteiger partial charge in [-0.15, -0.1) is 12.4 Å². The van der Waals surface area contributed by atoms with Crippen LogP contribution in [0.5, 0.6) is 5.75 Å². The molecule has 0 aliphatic heterocycles. The number of hydrogen-bond donors (Lipinski definition) is 2. The van der Waals surface area contributed by atoms with E-state index in [9.17, 15) is 4.79 Å². The maximum Gasteiger partial charge on any atom is 0.251 e.